The predicted molar refractivity (Wildman–Crippen MR) is 102 cm³/mol. The number of rotatable bonds is 8. The summed E-state index contributed by atoms with van der Waals surface area (Å²) < 4.78 is 16.0. The number of nitrogens with zero attached hydrogens (tertiary/aromatic N) is 1. The quantitative estimate of drug-likeness (QED) is 0.768. The first-order chi connectivity index (χ1) is 12.5. The molecule has 0 spiro atoms. The van der Waals surface area contributed by atoms with Crippen LogP contribution in [0.15, 0.2) is 12.1 Å². The molecule has 1 N–H and O–H groups in total. The zero-order valence-electron chi connectivity index (χ0n) is 16.6. The van der Waals surface area contributed by atoms with E-state index in [1.807, 2.05) is 12.1 Å². The van der Waals surface area contributed by atoms with E-state index in [9.17, 15) is 4.79 Å². The molecule has 1 aromatic carbocycles. The van der Waals surface area contributed by atoms with Crippen LogP contribution in [0.3, 0.4) is 0 Å². The van der Waals surface area contributed by atoms with Crippen molar-refractivity contribution in [3.8, 4) is 17.2 Å². The van der Waals surface area contributed by atoms with Crippen LogP contribution < -0.4 is 19.5 Å². The van der Waals surface area contributed by atoms with E-state index in [-0.39, 0.29) is 12.3 Å². The maximum Gasteiger partial charge on any atom is 0.224 e. The molecule has 6 nitrogen and oxygen atoms in total. The number of carbonyl (C=O) groups excluding carboxylic acids is 1. The van der Waals surface area contributed by atoms with Crippen LogP contribution in [-0.2, 0) is 11.2 Å². The van der Waals surface area contributed by atoms with E-state index in [2.05, 4.69) is 24.1 Å². The lowest BCUT2D eigenvalue weighted by molar-refractivity contribution is -0.120. The highest BCUT2D eigenvalue weighted by Gasteiger charge is 2.21. The Morgan fingerprint density at radius 2 is 1.73 bits per heavy atom. The van der Waals surface area contributed by atoms with Gasteiger partial charge in [0.25, 0.3) is 0 Å². The molecule has 26 heavy (non-hydrogen) atoms. The van der Waals surface area contributed by atoms with E-state index in [1.165, 1.54) is 12.8 Å². The third-order valence-electron chi connectivity index (χ3n) is 5.13. The van der Waals surface area contributed by atoms with E-state index >= 15 is 0 Å². The molecule has 1 aliphatic heterocycles. The molecule has 146 valence electrons. The average molecular weight is 364 g/mol. The standard InChI is InChI=1S/C20H32N2O4/c1-14-6-8-22(9-7-14)15(2)13-21-19(23)12-16-10-17(24-3)20(26-5)18(11-16)25-4/h10-11,14-15H,6-9,12-13H2,1-5H3,(H,21,23). The highest BCUT2D eigenvalue weighted by atomic mass is 16.5. The number of amides is 1. The highest BCUT2D eigenvalue weighted by molar-refractivity contribution is 5.79. The molecule has 1 unspecified atom stereocenters. The zero-order valence-corrected chi connectivity index (χ0v) is 16.6. The summed E-state index contributed by atoms with van der Waals surface area (Å²) in [5, 5.41) is 3.05. The van der Waals surface area contributed by atoms with Crippen molar-refractivity contribution in [2.75, 3.05) is 41.0 Å². The number of hydrogen-bond donors (Lipinski definition) is 1. The molecular weight excluding hydrogens is 332 g/mol. The van der Waals surface area contributed by atoms with Crippen LogP contribution in [0.2, 0.25) is 0 Å². The molecule has 1 atom stereocenters. The zero-order chi connectivity index (χ0) is 19.1. The maximum atomic E-state index is 12.4. The van der Waals surface area contributed by atoms with Crippen LogP contribution in [0.4, 0.5) is 0 Å². The minimum absolute atomic E-state index is 0.00324. The van der Waals surface area contributed by atoms with Crippen LogP contribution in [0, 0.1) is 5.92 Å². The summed E-state index contributed by atoms with van der Waals surface area (Å²) in [5.74, 6) is 2.47. The molecule has 1 saturated heterocycles. The van der Waals surface area contributed by atoms with Gasteiger partial charge in [0.1, 0.15) is 0 Å². The number of hydrogen-bond acceptors (Lipinski definition) is 5. The van der Waals surface area contributed by atoms with Gasteiger partial charge in [0, 0.05) is 12.6 Å². The molecule has 0 aliphatic carbocycles. The van der Waals surface area contributed by atoms with Crippen LogP contribution in [0.1, 0.15) is 32.3 Å². The van der Waals surface area contributed by atoms with Gasteiger partial charge in [-0.2, -0.15) is 0 Å². The fourth-order valence-corrected chi connectivity index (χ4v) is 3.35. The topological polar surface area (TPSA) is 60.0 Å². The summed E-state index contributed by atoms with van der Waals surface area (Å²) in [5.41, 5.74) is 0.830. The Hall–Kier alpha value is -1.95. The van der Waals surface area contributed by atoms with Crippen molar-refractivity contribution >= 4 is 5.91 Å². The number of benzene rings is 1. The Morgan fingerprint density at radius 1 is 1.15 bits per heavy atom. The molecule has 1 fully saturated rings. The van der Waals surface area contributed by atoms with Gasteiger partial charge in [-0.15, -0.1) is 0 Å². The highest BCUT2D eigenvalue weighted by Crippen LogP contribution is 2.38. The first-order valence-electron chi connectivity index (χ1n) is 9.28. The van der Waals surface area contributed by atoms with Gasteiger partial charge in [0.2, 0.25) is 11.7 Å². The van der Waals surface area contributed by atoms with Crippen molar-refractivity contribution in [3.63, 3.8) is 0 Å². The Kier molecular flexibility index (Phi) is 7.57. The Bertz CT molecular complexity index is 572. The molecule has 1 amide bonds. The Labute approximate surface area is 156 Å². The molecule has 2 rings (SSSR count). The van der Waals surface area contributed by atoms with Crippen molar-refractivity contribution in [1.82, 2.24) is 10.2 Å². The van der Waals surface area contributed by atoms with Gasteiger partial charge in [-0.3, -0.25) is 9.69 Å². The molecular formula is C20H32N2O4. The Balaban J connectivity index is 1.91. The van der Waals surface area contributed by atoms with Gasteiger partial charge in [0.05, 0.1) is 27.8 Å². The number of piperidine rings is 1. The number of likely N-dealkylation sites (tertiary alicyclic amines) is 1. The van der Waals surface area contributed by atoms with Crippen molar-refractivity contribution in [1.29, 1.82) is 0 Å². The van der Waals surface area contributed by atoms with Crippen molar-refractivity contribution in [3.05, 3.63) is 17.7 Å². The predicted octanol–water partition coefficient (Wildman–Crippen LogP) is 2.49. The van der Waals surface area contributed by atoms with Gasteiger partial charge < -0.3 is 19.5 Å². The van der Waals surface area contributed by atoms with Gasteiger partial charge >= 0.3 is 0 Å². The van der Waals surface area contributed by atoms with Crippen LogP contribution in [0.25, 0.3) is 0 Å². The molecule has 1 aliphatic rings. The number of carbonyl (C=O) groups is 1. The fourth-order valence-electron chi connectivity index (χ4n) is 3.35. The van der Waals surface area contributed by atoms with Crippen LogP contribution in [0.5, 0.6) is 17.2 Å². The number of methoxy groups -OCH3 is 3. The lowest BCUT2D eigenvalue weighted by Crippen LogP contribution is -2.45. The molecule has 0 aromatic heterocycles. The van der Waals surface area contributed by atoms with Gasteiger partial charge in [-0.25, -0.2) is 0 Å². The number of nitrogens with one attached hydrogen (secondary N) is 1. The summed E-state index contributed by atoms with van der Waals surface area (Å²) >= 11 is 0. The van der Waals surface area contributed by atoms with Crippen molar-refractivity contribution in [2.45, 2.75) is 39.2 Å². The third kappa shape index (κ3) is 5.27. The Morgan fingerprint density at radius 3 is 2.23 bits per heavy atom. The fraction of sp³-hybridized carbons (Fsp3) is 0.650. The van der Waals surface area contributed by atoms with Gasteiger partial charge in [-0.05, 0) is 56.5 Å². The minimum atomic E-state index is -0.00324. The molecule has 0 saturated carbocycles. The van der Waals surface area contributed by atoms with E-state index in [4.69, 9.17) is 14.2 Å². The summed E-state index contributed by atoms with van der Waals surface area (Å²) in [6.45, 7) is 7.38. The second kappa shape index (κ2) is 9.67. The van der Waals surface area contributed by atoms with E-state index in [0.717, 1.165) is 24.6 Å². The summed E-state index contributed by atoms with van der Waals surface area (Å²) in [4.78, 5) is 14.8. The second-order valence-corrected chi connectivity index (χ2v) is 7.08. The van der Waals surface area contributed by atoms with Crippen LogP contribution in [-0.4, -0.2) is 57.8 Å². The molecule has 1 heterocycles. The molecule has 6 heteroatoms. The van der Waals surface area contributed by atoms with E-state index < -0.39 is 0 Å². The lowest BCUT2D eigenvalue weighted by atomic mass is 9.98. The number of ether oxygens (including phenoxy) is 3. The molecule has 1 aromatic rings. The first-order valence-corrected chi connectivity index (χ1v) is 9.28. The normalized spacial score (nSPS) is 16.8. The summed E-state index contributed by atoms with van der Waals surface area (Å²) in [6.07, 6.45) is 2.76. The average Bonchev–Trinajstić information content (AvgIpc) is 2.65. The SMILES string of the molecule is COc1cc(CC(=O)NCC(C)N2CCC(C)CC2)cc(OC)c1OC. The van der Waals surface area contributed by atoms with Crippen LogP contribution >= 0.6 is 0 Å². The molecule has 0 bridgehead atoms. The smallest absolute Gasteiger partial charge is 0.224 e. The largest absolute Gasteiger partial charge is 0.493 e. The van der Waals surface area contributed by atoms with Gasteiger partial charge in [0.15, 0.2) is 11.5 Å². The molecule has 0 radical (unpaired) electrons. The first kappa shape index (κ1) is 20.4. The van der Waals surface area contributed by atoms with Crippen molar-refractivity contribution < 1.29 is 19.0 Å². The third-order valence-corrected chi connectivity index (χ3v) is 5.13. The summed E-state index contributed by atoms with van der Waals surface area (Å²) in [6, 6.07) is 3.98. The maximum absolute atomic E-state index is 12.4. The van der Waals surface area contributed by atoms with E-state index in [0.29, 0.717) is 29.8 Å². The monoisotopic (exact) mass is 364 g/mol. The lowest BCUT2D eigenvalue weighted by Gasteiger charge is -2.35. The van der Waals surface area contributed by atoms with E-state index in [1.54, 1.807) is 21.3 Å². The summed E-state index contributed by atoms with van der Waals surface area (Å²) in [7, 11) is 4.71. The second-order valence-electron chi connectivity index (χ2n) is 7.08. The minimum Gasteiger partial charge on any atom is -0.493 e. The van der Waals surface area contributed by atoms with Gasteiger partial charge in [-0.1, -0.05) is 6.92 Å². The van der Waals surface area contributed by atoms with Crippen molar-refractivity contribution in [2.24, 2.45) is 5.92 Å².